The van der Waals surface area contributed by atoms with E-state index in [9.17, 15) is 4.79 Å². The van der Waals surface area contributed by atoms with E-state index >= 15 is 0 Å². The van der Waals surface area contributed by atoms with Crippen LogP contribution in [-0.4, -0.2) is 24.3 Å². The molecule has 0 aromatic heterocycles. The van der Waals surface area contributed by atoms with Crippen LogP contribution in [0, 0.1) is 17.8 Å². The number of epoxide rings is 1. The monoisotopic (exact) mass is 240 g/mol. The molecule has 1 heterocycles. The third-order valence-electron chi connectivity index (χ3n) is 4.79. The molecule has 3 heteroatoms. The van der Waals surface area contributed by atoms with Gasteiger partial charge in [0, 0.05) is 0 Å². The van der Waals surface area contributed by atoms with Crippen LogP contribution in [0.25, 0.3) is 0 Å². The van der Waals surface area contributed by atoms with Gasteiger partial charge in [-0.05, 0) is 37.0 Å². The SMILES string of the molecule is COC(=O)C1(C(C)C)OC12CCC(C)CC2C. The quantitative estimate of drug-likeness (QED) is 0.550. The summed E-state index contributed by atoms with van der Waals surface area (Å²) in [5.74, 6) is 1.16. The minimum Gasteiger partial charge on any atom is -0.467 e. The maximum Gasteiger partial charge on any atom is 0.341 e. The zero-order chi connectivity index (χ0) is 12.8. The Morgan fingerprint density at radius 2 is 2.06 bits per heavy atom. The highest BCUT2D eigenvalue weighted by Crippen LogP contribution is 2.63. The molecule has 2 rings (SSSR count). The second-order valence-electron chi connectivity index (χ2n) is 6.15. The van der Waals surface area contributed by atoms with Crippen LogP contribution in [0.2, 0.25) is 0 Å². The number of carbonyl (C=O) groups excluding carboxylic acids is 1. The fourth-order valence-corrected chi connectivity index (χ4v) is 3.79. The first-order valence-corrected chi connectivity index (χ1v) is 6.69. The molecule has 4 unspecified atom stereocenters. The lowest BCUT2D eigenvalue weighted by molar-refractivity contribution is -0.148. The Labute approximate surface area is 104 Å². The molecule has 2 fully saturated rings. The van der Waals surface area contributed by atoms with Crippen molar-refractivity contribution in [1.29, 1.82) is 0 Å². The number of esters is 1. The predicted molar refractivity (Wildman–Crippen MR) is 65.6 cm³/mol. The number of carbonyl (C=O) groups is 1. The Morgan fingerprint density at radius 3 is 2.53 bits per heavy atom. The van der Waals surface area contributed by atoms with Crippen molar-refractivity contribution in [3.63, 3.8) is 0 Å². The molecule has 1 saturated heterocycles. The van der Waals surface area contributed by atoms with E-state index in [0.29, 0.717) is 5.92 Å². The first-order chi connectivity index (χ1) is 7.90. The summed E-state index contributed by atoms with van der Waals surface area (Å²) >= 11 is 0. The van der Waals surface area contributed by atoms with Crippen molar-refractivity contribution in [2.75, 3.05) is 7.11 Å². The summed E-state index contributed by atoms with van der Waals surface area (Å²) in [4.78, 5) is 12.1. The van der Waals surface area contributed by atoms with Crippen LogP contribution in [0.3, 0.4) is 0 Å². The lowest BCUT2D eigenvalue weighted by atomic mass is 9.67. The van der Waals surface area contributed by atoms with Gasteiger partial charge in [-0.2, -0.15) is 0 Å². The normalized spacial score (nSPS) is 45.1. The van der Waals surface area contributed by atoms with Crippen molar-refractivity contribution in [2.24, 2.45) is 17.8 Å². The van der Waals surface area contributed by atoms with Crippen molar-refractivity contribution in [1.82, 2.24) is 0 Å². The van der Waals surface area contributed by atoms with Gasteiger partial charge in [-0.1, -0.05) is 27.7 Å². The molecule has 4 atom stereocenters. The lowest BCUT2D eigenvalue weighted by Crippen LogP contribution is -2.45. The van der Waals surface area contributed by atoms with E-state index in [1.165, 1.54) is 7.11 Å². The average molecular weight is 240 g/mol. The van der Waals surface area contributed by atoms with Crippen LogP contribution in [0.1, 0.15) is 47.0 Å². The summed E-state index contributed by atoms with van der Waals surface area (Å²) in [6.07, 6.45) is 3.28. The first kappa shape index (κ1) is 12.9. The molecule has 1 spiro atoms. The molecule has 0 aromatic carbocycles. The number of hydrogen-bond acceptors (Lipinski definition) is 3. The summed E-state index contributed by atoms with van der Waals surface area (Å²) in [5.41, 5.74) is -0.928. The van der Waals surface area contributed by atoms with E-state index in [1.54, 1.807) is 0 Å². The van der Waals surface area contributed by atoms with Crippen LogP contribution in [0.4, 0.5) is 0 Å². The second-order valence-corrected chi connectivity index (χ2v) is 6.15. The third kappa shape index (κ3) is 1.55. The van der Waals surface area contributed by atoms with Crippen LogP contribution < -0.4 is 0 Å². The van der Waals surface area contributed by atoms with Gasteiger partial charge in [-0.15, -0.1) is 0 Å². The Kier molecular flexibility index (Phi) is 3.01. The maximum absolute atomic E-state index is 12.1. The van der Waals surface area contributed by atoms with Crippen molar-refractivity contribution < 1.29 is 14.3 Å². The van der Waals surface area contributed by atoms with Crippen molar-refractivity contribution in [2.45, 2.75) is 58.2 Å². The molecule has 2 aliphatic rings. The number of methoxy groups -OCH3 is 1. The Bertz CT molecular complexity index is 325. The van der Waals surface area contributed by atoms with Gasteiger partial charge < -0.3 is 9.47 Å². The smallest absolute Gasteiger partial charge is 0.341 e. The van der Waals surface area contributed by atoms with Gasteiger partial charge in [-0.3, -0.25) is 0 Å². The fourth-order valence-electron chi connectivity index (χ4n) is 3.79. The van der Waals surface area contributed by atoms with E-state index in [0.717, 1.165) is 25.2 Å². The molecule has 0 N–H and O–H groups in total. The highest BCUT2D eigenvalue weighted by Gasteiger charge is 2.78. The predicted octanol–water partition coefficient (Wildman–Crippen LogP) is 2.78. The first-order valence-electron chi connectivity index (χ1n) is 6.69. The molecule has 0 radical (unpaired) electrons. The van der Waals surface area contributed by atoms with E-state index in [1.807, 2.05) is 0 Å². The molecule has 1 aliphatic carbocycles. The van der Waals surface area contributed by atoms with Gasteiger partial charge in [0.25, 0.3) is 0 Å². The van der Waals surface area contributed by atoms with Gasteiger partial charge in [0.2, 0.25) is 0 Å². The molecular weight excluding hydrogens is 216 g/mol. The van der Waals surface area contributed by atoms with Crippen LogP contribution >= 0.6 is 0 Å². The van der Waals surface area contributed by atoms with Gasteiger partial charge >= 0.3 is 5.97 Å². The minimum atomic E-state index is -0.679. The summed E-state index contributed by atoms with van der Waals surface area (Å²) < 4.78 is 11.0. The third-order valence-corrected chi connectivity index (χ3v) is 4.79. The molecule has 3 nitrogen and oxygen atoms in total. The van der Waals surface area contributed by atoms with E-state index < -0.39 is 5.60 Å². The standard InChI is InChI=1S/C14H24O3/c1-9(2)14(12(15)16-5)13(17-14)7-6-10(3)8-11(13)4/h9-11H,6-8H2,1-5H3. The molecular formula is C14H24O3. The topological polar surface area (TPSA) is 38.8 Å². The molecule has 98 valence electrons. The summed E-state index contributed by atoms with van der Waals surface area (Å²) in [5, 5.41) is 0. The largest absolute Gasteiger partial charge is 0.467 e. The molecule has 0 aromatic rings. The van der Waals surface area contributed by atoms with Crippen LogP contribution in [-0.2, 0) is 14.3 Å². The number of hydrogen-bond donors (Lipinski definition) is 0. The maximum atomic E-state index is 12.1. The Morgan fingerprint density at radius 1 is 1.41 bits per heavy atom. The number of rotatable bonds is 2. The number of ether oxygens (including phenoxy) is 2. The Hall–Kier alpha value is -0.570. The van der Waals surface area contributed by atoms with Gasteiger partial charge in [-0.25, -0.2) is 4.79 Å². The van der Waals surface area contributed by atoms with E-state index in [-0.39, 0.29) is 17.5 Å². The Balaban J connectivity index is 2.27. The summed E-state index contributed by atoms with van der Waals surface area (Å²) in [6.45, 7) is 8.59. The highest BCUT2D eigenvalue weighted by molar-refractivity contribution is 5.85. The average Bonchev–Trinajstić information content (AvgIpc) is 2.95. The summed E-state index contributed by atoms with van der Waals surface area (Å²) in [6, 6.07) is 0. The lowest BCUT2D eigenvalue weighted by Gasteiger charge is -2.33. The zero-order valence-electron chi connectivity index (χ0n) is 11.6. The minimum absolute atomic E-state index is 0.172. The zero-order valence-corrected chi connectivity index (χ0v) is 11.6. The highest BCUT2D eigenvalue weighted by atomic mass is 16.7. The molecule has 0 amide bonds. The van der Waals surface area contributed by atoms with E-state index in [4.69, 9.17) is 9.47 Å². The van der Waals surface area contributed by atoms with Crippen LogP contribution in [0.15, 0.2) is 0 Å². The molecule has 1 aliphatic heterocycles. The van der Waals surface area contributed by atoms with Crippen molar-refractivity contribution in [3.8, 4) is 0 Å². The van der Waals surface area contributed by atoms with Gasteiger partial charge in [0.15, 0.2) is 5.60 Å². The molecule has 1 saturated carbocycles. The second kappa shape index (κ2) is 3.98. The van der Waals surface area contributed by atoms with Crippen LogP contribution in [0.5, 0.6) is 0 Å². The summed E-state index contributed by atoms with van der Waals surface area (Å²) in [7, 11) is 1.46. The van der Waals surface area contributed by atoms with Gasteiger partial charge in [0.05, 0.1) is 7.11 Å². The van der Waals surface area contributed by atoms with Crippen molar-refractivity contribution in [3.05, 3.63) is 0 Å². The van der Waals surface area contributed by atoms with Crippen molar-refractivity contribution >= 4 is 5.97 Å². The molecule has 0 bridgehead atoms. The fraction of sp³-hybridized carbons (Fsp3) is 0.929. The molecule has 17 heavy (non-hydrogen) atoms. The van der Waals surface area contributed by atoms with Gasteiger partial charge in [0.1, 0.15) is 5.60 Å². The van der Waals surface area contributed by atoms with E-state index in [2.05, 4.69) is 27.7 Å².